The number of ketones is 1. The summed E-state index contributed by atoms with van der Waals surface area (Å²) in [6, 6.07) is 12.9. The zero-order chi connectivity index (χ0) is 23.8. The molecule has 5 heteroatoms. The number of aryl methyl sites for hydroxylation is 2. The van der Waals surface area contributed by atoms with Gasteiger partial charge in [-0.3, -0.25) is 9.59 Å². The SMILES string of the molecule is CC(C)Oc1cccc(C2/C(=C(/O)c3ccc4c(c3)CCCC4)C(=O)C(=O)N2C2CCCC2)c1. The van der Waals surface area contributed by atoms with Gasteiger partial charge in [-0.15, -0.1) is 0 Å². The monoisotopic (exact) mass is 459 g/mol. The number of amides is 1. The van der Waals surface area contributed by atoms with Gasteiger partial charge >= 0.3 is 0 Å². The number of fused-ring (bicyclic) bond motifs is 1. The maximum atomic E-state index is 13.4. The van der Waals surface area contributed by atoms with Crippen LogP contribution >= 0.6 is 0 Å². The predicted molar refractivity (Wildman–Crippen MR) is 132 cm³/mol. The molecule has 1 N–H and O–H groups in total. The molecule has 1 aliphatic heterocycles. The molecular formula is C29H33NO4. The van der Waals surface area contributed by atoms with Crippen molar-refractivity contribution in [1.29, 1.82) is 0 Å². The molecule has 2 aliphatic carbocycles. The Hall–Kier alpha value is -3.08. The van der Waals surface area contributed by atoms with Gasteiger partial charge < -0.3 is 14.7 Å². The van der Waals surface area contributed by atoms with Gasteiger partial charge in [0.25, 0.3) is 11.7 Å². The molecule has 1 unspecified atom stereocenters. The molecular weight excluding hydrogens is 426 g/mol. The Morgan fingerprint density at radius 1 is 0.971 bits per heavy atom. The van der Waals surface area contributed by atoms with E-state index in [1.54, 1.807) is 4.90 Å². The average molecular weight is 460 g/mol. The van der Waals surface area contributed by atoms with E-state index < -0.39 is 17.7 Å². The number of benzene rings is 2. The fraction of sp³-hybridized carbons (Fsp3) is 0.448. The van der Waals surface area contributed by atoms with E-state index in [0.717, 1.165) is 50.5 Å². The first-order valence-electron chi connectivity index (χ1n) is 12.6. The highest BCUT2D eigenvalue weighted by atomic mass is 16.5. The summed E-state index contributed by atoms with van der Waals surface area (Å²) in [5.41, 5.74) is 4.14. The molecule has 178 valence electrons. The van der Waals surface area contributed by atoms with E-state index in [-0.39, 0.29) is 23.5 Å². The molecule has 1 atom stereocenters. The standard InChI is InChI=1S/C29H33NO4/c1-18(2)34-24-13-7-10-21(17-24)26-25(28(32)29(33)30(26)23-11-5-6-12-23)27(31)22-15-14-19-8-3-4-9-20(19)16-22/h7,10,13-18,23,26,31H,3-6,8-9,11-12H2,1-2H3/b27-25-. The maximum absolute atomic E-state index is 13.4. The summed E-state index contributed by atoms with van der Waals surface area (Å²) in [5, 5.41) is 11.5. The summed E-state index contributed by atoms with van der Waals surface area (Å²) in [4.78, 5) is 28.4. The lowest BCUT2D eigenvalue weighted by atomic mass is 9.88. The first kappa shape index (κ1) is 22.7. The lowest BCUT2D eigenvalue weighted by Crippen LogP contribution is -2.37. The van der Waals surface area contributed by atoms with Crippen LogP contribution in [-0.2, 0) is 22.4 Å². The summed E-state index contributed by atoms with van der Waals surface area (Å²) >= 11 is 0. The lowest BCUT2D eigenvalue weighted by Gasteiger charge is -2.31. The van der Waals surface area contributed by atoms with Gasteiger partial charge in [0.15, 0.2) is 0 Å². The first-order valence-corrected chi connectivity index (χ1v) is 12.6. The van der Waals surface area contributed by atoms with Crippen LogP contribution in [-0.4, -0.2) is 33.8 Å². The number of carbonyl (C=O) groups is 2. The van der Waals surface area contributed by atoms with Crippen LogP contribution in [0.1, 0.15) is 80.7 Å². The van der Waals surface area contributed by atoms with Crippen LogP contribution in [0.5, 0.6) is 5.75 Å². The third-order valence-electron chi connectivity index (χ3n) is 7.37. The van der Waals surface area contributed by atoms with Crippen molar-refractivity contribution in [3.63, 3.8) is 0 Å². The van der Waals surface area contributed by atoms with Crippen molar-refractivity contribution in [2.45, 2.75) is 83.4 Å². The Bertz CT molecular complexity index is 1140. The second-order valence-corrected chi connectivity index (χ2v) is 10.1. The van der Waals surface area contributed by atoms with Crippen LogP contribution in [0.25, 0.3) is 5.76 Å². The van der Waals surface area contributed by atoms with E-state index in [4.69, 9.17) is 4.74 Å². The molecule has 0 bridgehead atoms. The number of aliphatic hydroxyl groups is 1. The summed E-state index contributed by atoms with van der Waals surface area (Å²) in [6.07, 6.45) is 8.19. The molecule has 0 radical (unpaired) electrons. The second-order valence-electron chi connectivity index (χ2n) is 10.1. The van der Waals surface area contributed by atoms with Crippen molar-refractivity contribution >= 4 is 17.4 Å². The molecule has 0 aromatic heterocycles. The van der Waals surface area contributed by atoms with Crippen molar-refractivity contribution < 1.29 is 19.4 Å². The number of nitrogens with zero attached hydrogens (tertiary/aromatic N) is 1. The van der Waals surface area contributed by atoms with E-state index in [0.29, 0.717) is 11.3 Å². The van der Waals surface area contributed by atoms with Crippen molar-refractivity contribution in [1.82, 2.24) is 4.90 Å². The normalized spacial score (nSPS) is 22.4. The molecule has 2 fully saturated rings. The molecule has 2 aromatic carbocycles. The quantitative estimate of drug-likeness (QED) is 0.353. The van der Waals surface area contributed by atoms with Crippen LogP contribution in [0.2, 0.25) is 0 Å². The Kier molecular flexibility index (Phi) is 6.20. The number of hydrogen-bond acceptors (Lipinski definition) is 4. The Labute approximate surface area is 201 Å². The average Bonchev–Trinajstić information content (AvgIpc) is 3.45. The fourth-order valence-electron chi connectivity index (χ4n) is 5.80. The second kappa shape index (κ2) is 9.28. The summed E-state index contributed by atoms with van der Waals surface area (Å²) < 4.78 is 5.90. The zero-order valence-electron chi connectivity index (χ0n) is 20.0. The molecule has 5 nitrogen and oxygen atoms in total. The zero-order valence-corrected chi connectivity index (χ0v) is 20.0. The van der Waals surface area contributed by atoms with Crippen molar-refractivity contribution in [2.75, 3.05) is 0 Å². The number of aliphatic hydroxyl groups excluding tert-OH is 1. The van der Waals surface area contributed by atoms with Crippen LogP contribution in [0, 0.1) is 0 Å². The van der Waals surface area contributed by atoms with Gasteiger partial charge in [-0.25, -0.2) is 0 Å². The van der Waals surface area contributed by atoms with Crippen LogP contribution in [0.15, 0.2) is 48.0 Å². The smallest absolute Gasteiger partial charge is 0.295 e. The summed E-state index contributed by atoms with van der Waals surface area (Å²) in [6.45, 7) is 3.93. The van der Waals surface area contributed by atoms with E-state index in [1.165, 1.54) is 17.5 Å². The van der Waals surface area contributed by atoms with Gasteiger partial charge in [0.2, 0.25) is 0 Å². The molecule has 0 spiro atoms. The minimum absolute atomic E-state index is 0.00459. The lowest BCUT2D eigenvalue weighted by molar-refractivity contribution is -0.141. The summed E-state index contributed by atoms with van der Waals surface area (Å²) in [7, 11) is 0. The van der Waals surface area contributed by atoms with Gasteiger partial charge in [-0.1, -0.05) is 37.1 Å². The van der Waals surface area contributed by atoms with E-state index in [2.05, 4.69) is 6.07 Å². The van der Waals surface area contributed by atoms with Gasteiger partial charge in [0.05, 0.1) is 17.7 Å². The molecule has 34 heavy (non-hydrogen) atoms. The number of likely N-dealkylation sites (tertiary alicyclic amines) is 1. The maximum Gasteiger partial charge on any atom is 0.295 e. The number of ether oxygens (including phenoxy) is 1. The van der Waals surface area contributed by atoms with Crippen LogP contribution < -0.4 is 4.74 Å². The molecule has 1 amide bonds. The summed E-state index contributed by atoms with van der Waals surface area (Å²) in [5.74, 6) is -0.486. The Morgan fingerprint density at radius 2 is 1.71 bits per heavy atom. The van der Waals surface area contributed by atoms with Crippen molar-refractivity contribution in [2.24, 2.45) is 0 Å². The first-order chi connectivity index (χ1) is 16.4. The highest BCUT2D eigenvalue weighted by Crippen LogP contribution is 2.44. The van der Waals surface area contributed by atoms with E-state index >= 15 is 0 Å². The predicted octanol–water partition coefficient (Wildman–Crippen LogP) is 5.72. The third kappa shape index (κ3) is 4.13. The molecule has 1 saturated carbocycles. The van der Waals surface area contributed by atoms with Crippen molar-refractivity contribution in [3.8, 4) is 5.75 Å². The molecule has 3 aliphatic rings. The molecule has 5 rings (SSSR count). The number of hydrogen-bond donors (Lipinski definition) is 1. The minimum atomic E-state index is -0.616. The third-order valence-corrected chi connectivity index (χ3v) is 7.37. The largest absolute Gasteiger partial charge is 0.507 e. The molecule has 2 aromatic rings. The highest BCUT2D eigenvalue weighted by Gasteiger charge is 2.49. The number of rotatable bonds is 5. The highest BCUT2D eigenvalue weighted by molar-refractivity contribution is 6.46. The number of carbonyl (C=O) groups excluding carboxylic acids is 2. The van der Waals surface area contributed by atoms with E-state index in [1.807, 2.05) is 50.2 Å². The van der Waals surface area contributed by atoms with Crippen molar-refractivity contribution in [3.05, 3.63) is 70.3 Å². The number of Topliss-reactive ketones (excluding diaryl/α,β-unsaturated/α-hetero) is 1. The van der Waals surface area contributed by atoms with Gasteiger partial charge in [0.1, 0.15) is 11.5 Å². The Balaban J connectivity index is 1.63. The van der Waals surface area contributed by atoms with E-state index in [9.17, 15) is 14.7 Å². The minimum Gasteiger partial charge on any atom is -0.507 e. The topological polar surface area (TPSA) is 66.8 Å². The fourth-order valence-corrected chi connectivity index (χ4v) is 5.80. The molecule has 1 heterocycles. The Morgan fingerprint density at radius 3 is 2.44 bits per heavy atom. The molecule has 1 saturated heterocycles. The van der Waals surface area contributed by atoms with Gasteiger partial charge in [0, 0.05) is 11.6 Å². The van der Waals surface area contributed by atoms with Crippen LogP contribution in [0.4, 0.5) is 0 Å². The van der Waals surface area contributed by atoms with Crippen LogP contribution in [0.3, 0.4) is 0 Å². The van der Waals surface area contributed by atoms with Gasteiger partial charge in [-0.2, -0.15) is 0 Å². The van der Waals surface area contributed by atoms with Gasteiger partial charge in [-0.05, 0) is 87.3 Å².